The van der Waals surface area contributed by atoms with Crippen LogP contribution >= 0.6 is 11.6 Å². The highest BCUT2D eigenvalue weighted by molar-refractivity contribution is 6.33. The summed E-state index contributed by atoms with van der Waals surface area (Å²) in [6, 6.07) is 0.450. The topological polar surface area (TPSA) is 61.0 Å². The first-order chi connectivity index (χ1) is 8.72. The van der Waals surface area contributed by atoms with Gasteiger partial charge in [-0.3, -0.25) is 4.79 Å². The molecule has 1 aromatic heterocycles. The van der Waals surface area contributed by atoms with Gasteiger partial charge in [0.2, 0.25) is 0 Å². The minimum absolute atomic E-state index is 0.261. The fourth-order valence-electron chi connectivity index (χ4n) is 3.40. The smallest absolute Gasteiger partial charge is 0.285 e. The van der Waals surface area contributed by atoms with Crippen LogP contribution in [0.1, 0.15) is 13.3 Å². The Morgan fingerprint density at radius 1 is 1.56 bits per heavy atom. The third kappa shape index (κ3) is 1.73. The van der Waals surface area contributed by atoms with Crippen molar-refractivity contribution < 1.29 is 0 Å². The number of aromatic nitrogens is 2. The van der Waals surface area contributed by atoms with Crippen molar-refractivity contribution in [2.45, 2.75) is 19.4 Å². The zero-order valence-electron chi connectivity index (χ0n) is 10.3. The fraction of sp³-hybridized carbons (Fsp3) is 0.667. The second kappa shape index (κ2) is 4.55. The normalized spacial score (nSPS) is 30.8. The summed E-state index contributed by atoms with van der Waals surface area (Å²) in [6.07, 6.45) is 2.73. The molecule has 0 amide bonds. The second-order valence-electron chi connectivity index (χ2n) is 5.11. The standard InChI is InChI=1S/C12H17ClN4O/c1-2-9-8-4-14-3-7(8)6-17(9)10-5-15-16-12(18)11(10)13/h5,7-9,14H,2-4,6H2,1H3,(H,16,18). The number of rotatable bonds is 2. The van der Waals surface area contributed by atoms with Crippen molar-refractivity contribution in [2.24, 2.45) is 11.8 Å². The Hall–Kier alpha value is -1.07. The highest BCUT2D eigenvalue weighted by Crippen LogP contribution is 2.38. The van der Waals surface area contributed by atoms with E-state index in [1.165, 1.54) is 0 Å². The minimum Gasteiger partial charge on any atom is -0.365 e. The van der Waals surface area contributed by atoms with E-state index in [-0.39, 0.29) is 10.6 Å². The molecule has 98 valence electrons. The molecule has 18 heavy (non-hydrogen) atoms. The van der Waals surface area contributed by atoms with Gasteiger partial charge < -0.3 is 10.2 Å². The lowest BCUT2D eigenvalue weighted by molar-refractivity contribution is 0.442. The molecule has 0 bridgehead atoms. The zero-order chi connectivity index (χ0) is 12.7. The molecule has 6 heteroatoms. The third-order valence-corrected chi connectivity index (χ3v) is 4.59. The molecule has 0 spiro atoms. The molecule has 1 aromatic rings. The van der Waals surface area contributed by atoms with E-state index in [4.69, 9.17) is 11.6 Å². The van der Waals surface area contributed by atoms with Crippen LogP contribution in [0.25, 0.3) is 0 Å². The van der Waals surface area contributed by atoms with Crippen LogP contribution in [0.4, 0.5) is 5.69 Å². The van der Waals surface area contributed by atoms with Gasteiger partial charge in [-0.2, -0.15) is 5.10 Å². The Balaban J connectivity index is 1.97. The molecular formula is C12H17ClN4O. The second-order valence-corrected chi connectivity index (χ2v) is 5.49. The first-order valence-corrected chi connectivity index (χ1v) is 6.80. The Kier molecular flexibility index (Phi) is 3.03. The monoisotopic (exact) mass is 268 g/mol. The first kappa shape index (κ1) is 12.0. The molecule has 2 saturated heterocycles. The summed E-state index contributed by atoms with van der Waals surface area (Å²) in [4.78, 5) is 13.8. The average molecular weight is 269 g/mol. The van der Waals surface area contributed by atoms with E-state index >= 15 is 0 Å². The average Bonchev–Trinajstić information content (AvgIpc) is 2.92. The fourth-order valence-corrected chi connectivity index (χ4v) is 3.60. The van der Waals surface area contributed by atoms with E-state index in [9.17, 15) is 4.79 Å². The van der Waals surface area contributed by atoms with E-state index in [1.807, 2.05) is 0 Å². The van der Waals surface area contributed by atoms with Gasteiger partial charge in [-0.1, -0.05) is 18.5 Å². The van der Waals surface area contributed by atoms with Gasteiger partial charge in [0.15, 0.2) is 0 Å². The van der Waals surface area contributed by atoms with Crippen LogP contribution in [0.3, 0.4) is 0 Å². The maximum Gasteiger partial charge on any atom is 0.285 e. The molecule has 2 fully saturated rings. The lowest BCUT2D eigenvalue weighted by Crippen LogP contribution is -2.36. The summed E-state index contributed by atoms with van der Waals surface area (Å²) in [5, 5.41) is 9.95. The molecule has 0 aliphatic carbocycles. The molecule has 3 unspecified atom stereocenters. The number of aromatic amines is 1. The molecule has 2 N–H and O–H groups in total. The van der Waals surface area contributed by atoms with Crippen molar-refractivity contribution in [1.82, 2.24) is 15.5 Å². The Morgan fingerprint density at radius 3 is 3.17 bits per heavy atom. The molecule has 5 nitrogen and oxygen atoms in total. The van der Waals surface area contributed by atoms with Crippen molar-refractivity contribution in [3.05, 3.63) is 21.6 Å². The largest absolute Gasteiger partial charge is 0.365 e. The van der Waals surface area contributed by atoms with Crippen LogP contribution in [0.2, 0.25) is 5.02 Å². The van der Waals surface area contributed by atoms with Crippen LogP contribution in [-0.2, 0) is 0 Å². The Morgan fingerprint density at radius 2 is 2.39 bits per heavy atom. The lowest BCUT2D eigenvalue weighted by atomic mass is 9.93. The molecule has 0 aromatic carbocycles. The number of hydrogen-bond donors (Lipinski definition) is 2. The summed E-state index contributed by atoms with van der Waals surface area (Å²) >= 11 is 6.11. The van der Waals surface area contributed by atoms with Crippen LogP contribution in [0.5, 0.6) is 0 Å². The predicted octanol–water partition coefficient (Wildman–Crippen LogP) is 0.857. The lowest BCUT2D eigenvalue weighted by Gasteiger charge is -2.28. The molecule has 2 aliphatic rings. The number of anilines is 1. The van der Waals surface area contributed by atoms with E-state index < -0.39 is 0 Å². The summed E-state index contributed by atoms with van der Waals surface area (Å²) in [6.45, 7) is 5.27. The predicted molar refractivity (Wildman–Crippen MR) is 71.1 cm³/mol. The maximum absolute atomic E-state index is 11.5. The minimum atomic E-state index is -0.306. The molecular weight excluding hydrogens is 252 g/mol. The van der Waals surface area contributed by atoms with Gasteiger partial charge in [-0.25, -0.2) is 5.10 Å². The Bertz CT molecular complexity index is 503. The van der Waals surface area contributed by atoms with E-state index in [0.717, 1.165) is 31.7 Å². The molecule has 2 aliphatic heterocycles. The quantitative estimate of drug-likeness (QED) is 0.835. The summed E-state index contributed by atoms with van der Waals surface area (Å²) in [7, 11) is 0. The van der Waals surface area contributed by atoms with Crippen LogP contribution < -0.4 is 15.8 Å². The van der Waals surface area contributed by atoms with Gasteiger partial charge in [-0.15, -0.1) is 0 Å². The van der Waals surface area contributed by atoms with Gasteiger partial charge >= 0.3 is 0 Å². The number of H-pyrrole nitrogens is 1. The van der Waals surface area contributed by atoms with Crippen molar-refractivity contribution >= 4 is 17.3 Å². The van der Waals surface area contributed by atoms with E-state index in [0.29, 0.717) is 17.9 Å². The first-order valence-electron chi connectivity index (χ1n) is 6.43. The summed E-state index contributed by atoms with van der Waals surface area (Å²) < 4.78 is 0. The number of hydrogen-bond acceptors (Lipinski definition) is 4. The van der Waals surface area contributed by atoms with Crippen molar-refractivity contribution in [3.63, 3.8) is 0 Å². The number of halogens is 1. The molecule has 3 heterocycles. The summed E-state index contributed by atoms with van der Waals surface area (Å²) in [5.41, 5.74) is 0.473. The van der Waals surface area contributed by atoms with Gasteiger partial charge in [-0.05, 0) is 18.3 Å². The van der Waals surface area contributed by atoms with Crippen molar-refractivity contribution in [3.8, 4) is 0 Å². The molecule has 3 rings (SSSR count). The molecule has 3 atom stereocenters. The van der Waals surface area contributed by atoms with Crippen LogP contribution in [0.15, 0.2) is 11.0 Å². The number of nitrogens with one attached hydrogen (secondary N) is 2. The van der Waals surface area contributed by atoms with Crippen molar-refractivity contribution in [1.29, 1.82) is 0 Å². The molecule has 0 saturated carbocycles. The van der Waals surface area contributed by atoms with Gasteiger partial charge in [0, 0.05) is 25.7 Å². The van der Waals surface area contributed by atoms with Gasteiger partial charge in [0.25, 0.3) is 5.56 Å². The van der Waals surface area contributed by atoms with E-state index in [2.05, 4.69) is 27.3 Å². The van der Waals surface area contributed by atoms with Crippen LogP contribution in [-0.4, -0.2) is 35.9 Å². The summed E-state index contributed by atoms with van der Waals surface area (Å²) in [5.74, 6) is 1.32. The van der Waals surface area contributed by atoms with E-state index in [1.54, 1.807) is 6.20 Å². The Labute approximate surface area is 111 Å². The SMILES string of the molecule is CCC1C2CNCC2CN1c1cn[nH]c(=O)c1Cl. The van der Waals surface area contributed by atoms with Gasteiger partial charge in [0.05, 0.1) is 11.9 Å². The van der Waals surface area contributed by atoms with Crippen molar-refractivity contribution in [2.75, 3.05) is 24.5 Å². The van der Waals surface area contributed by atoms with Crippen LogP contribution in [0, 0.1) is 11.8 Å². The number of fused-ring (bicyclic) bond motifs is 1. The number of nitrogens with zero attached hydrogens (tertiary/aromatic N) is 2. The zero-order valence-corrected chi connectivity index (χ0v) is 11.1. The third-order valence-electron chi connectivity index (χ3n) is 4.22. The van der Waals surface area contributed by atoms with Gasteiger partial charge in [0.1, 0.15) is 5.02 Å². The highest BCUT2D eigenvalue weighted by Gasteiger charge is 2.43. The maximum atomic E-state index is 11.5. The highest BCUT2D eigenvalue weighted by atomic mass is 35.5. The molecule has 0 radical (unpaired) electrons.